The molecule has 2 rings (SSSR count). The number of hydrogen-bond acceptors (Lipinski definition) is 2. The van der Waals surface area contributed by atoms with E-state index in [9.17, 15) is 17.6 Å². The Morgan fingerprint density at radius 3 is 2.14 bits per heavy atom. The van der Waals surface area contributed by atoms with Gasteiger partial charge in [-0.2, -0.15) is 13.2 Å². The molecule has 0 saturated heterocycles. The van der Waals surface area contributed by atoms with E-state index in [4.69, 9.17) is 5.11 Å². The first-order valence-corrected chi connectivity index (χ1v) is 6.19. The van der Waals surface area contributed by atoms with Gasteiger partial charge in [-0.3, -0.25) is 0 Å². The summed E-state index contributed by atoms with van der Waals surface area (Å²) in [5, 5.41) is 11.5. The second-order valence-electron chi connectivity index (χ2n) is 4.52. The summed E-state index contributed by atoms with van der Waals surface area (Å²) in [6.07, 6.45) is -4.51. The highest BCUT2D eigenvalue weighted by Gasteiger charge is 2.31. The largest absolute Gasteiger partial charge is 0.416 e. The number of benzene rings is 2. The maximum atomic E-state index is 13.5. The fraction of sp³-hybridized carbons (Fsp3) is 0.200. The molecule has 0 aliphatic rings. The highest BCUT2D eigenvalue weighted by atomic mass is 19.4. The summed E-state index contributed by atoms with van der Waals surface area (Å²) in [5.41, 5.74) is 0.395. The van der Waals surface area contributed by atoms with E-state index >= 15 is 0 Å². The number of aliphatic hydroxyl groups is 1. The van der Waals surface area contributed by atoms with E-state index in [2.05, 4.69) is 5.32 Å². The van der Waals surface area contributed by atoms with E-state index in [1.54, 1.807) is 24.3 Å². The van der Waals surface area contributed by atoms with E-state index in [1.807, 2.05) is 0 Å². The number of anilines is 1. The van der Waals surface area contributed by atoms with Crippen LogP contribution in [0.4, 0.5) is 23.2 Å². The number of alkyl halides is 3. The van der Waals surface area contributed by atoms with Crippen molar-refractivity contribution in [2.75, 3.05) is 5.32 Å². The first-order valence-electron chi connectivity index (χ1n) is 6.19. The summed E-state index contributed by atoms with van der Waals surface area (Å²) in [5.74, 6) is -0.741. The molecule has 0 aliphatic heterocycles. The zero-order valence-electron chi connectivity index (χ0n) is 10.9. The number of nitrogens with one attached hydrogen (secondary N) is 1. The lowest BCUT2D eigenvalue weighted by Gasteiger charge is -2.12. The van der Waals surface area contributed by atoms with Crippen LogP contribution in [0.5, 0.6) is 0 Å². The zero-order chi connectivity index (χ0) is 15.5. The minimum absolute atomic E-state index is 0.0873. The normalized spacial score (nSPS) is 11.5. The molecule has 0 aliphatic carbocycles. The van der Waals surface area contributed by atoms with Gasteiger partial charge in [-0.25, -0.2) is 4.39 Å². The Morgan fingerprint density at radius 1 is 0.952 bits per heavy atom. The highest BCUT2D eigenvalue weighted by Crippen LogP contribution is 2.31. The third-order valence-electron chi connectivity index (χ3n) is 2.98. The van der Waals surface area contributed by atoms with Crippen LogP contribution in [-0.2, 0) is 19.3 Å². The van der Waals surface area contributed by atoms with Crippen molar-refractivity contribution in [1.29, 1.82) is 0 Å². The monoisotopic (exact) mass is 299 g/mol. The summed E-state index contributed by atoms with van der Waals surface area (Å²) < 4.78 is 51.2. The lowest BCUT2D eigenvalue weighted by atomic mass is 10.1. The molecule has 0 spiro atoms. The second kappa shape index (κ2) is 6.13. The number of halogens is 4. The molecule has 6 heteroatoms. The van der Waals surface area contributed by atoms with Crippen LogP contribution >= 0.6 is 0 Å². The topological polar surface area (TPSA) is 32.3 Å². The van der Waals surface area contributed by atoms with Gasteiger partial charge in [-0.15, -0.1) is 0 Å². The van der Waals surface area contributed by atoms with E-state index < -0.39 is 17.6 Å². The molecular formula is C15H13F4NO. The van der Waals surface area contributed by atoms with Crippen molar-refractivity contribution in [1.82, 2.24) is 0 Å². The molecule has 0 aromatic heterocycles. The van der Waals surface area contributed by atoms with Crippen LogP contribution in [0.15, 0.2) is 42.5 Å². The van der Waals surface area contributed by atoms with Crippen LogP contribution < -0.4 is 5.32 Å². The summed E-state index contributed by atoms with van der Waals surface area (Å²) in [7, 11) is 0. The average molecular weight is 299 g/mol. The molecule has 0 saturated carbocycles. The van der Waals surface area contributed by atoms with Crippen LogP contribution in [0, 0.1) is 5.82 Å². The Bertz CT molecular complexity index is 608. The van der Waals surface area contributed by atoms with Gasteiger partial charge < -0.3 is 10.4 Å². The molecule has 0 bridgehead atoms. The summed E-state index contributed by atoms with van der Waals surface area (Å²) in [6.45, 7) is 0.0971. The van der Waals surface area contributed by atoms with E-state index in [1.165, 1.54) is 0 Å². The Balaban J connectivity index is 2.11. The van der Waals surface area contributed by atoms with Gasteiger partial charge in [0.1, 0.15) is 5.82 Å². The summed E-state index contributed by atoms with van der Waals surface area (Å²) in [6, 6.07) is 9.06. The first kappa shape index (κ1) is 15.3. The van der Waals surface area contributed by atoms with Crippen molar-refractivity contribution in [3.63, 3.8) is 0 Å². The minimum atomic E-state index is -4.51. The quantitative estimate of drug-likeness (QED) is 0.838. The lowest BCUT2D eigenvalue weighted by Crippen LogP contribution is -2.08. The molecule has 0 amide bonds. The maximum absolute atomic E-state index is 13.5. The van der Waals surface area contributed by atoms with E-state index in [0.717, 1.165) is 23.3 Å². The molecule has 0 atom stereocenters. The number of aliphatic hydroxyl groups excluding tert-OH is 1. The van der Waals surface area contributed by atoms with E-state index in [-0.39, 0.29) is 18.8 Å². The van der Waals surface area contributed by atoms with Crippen LogP contribution in [-0.4, -0.2) is 5.11 Å². The minimum Gasteiger partial charge on any atom is -0.392 e. The predicted molar refractivity (Wildman–Crippen MR) is 71.1 cm³/mol. The third kappa shape index (κ3) is 3.95. The van der Waals surface area contributed by atoms with Gasteiger partial charge in [-0.1, -0.05) is 24.3 Å². The lowest BCUT2D eigenvalue weighted by molar-refractivity contribution is -0.137. The molecule has 21 heavy (non-hydrogen) atoms. The SMILES string of the molecule is OCc1ccc(CNc2cc(C(F)(F)F)ccc2F)cc1. The van der Waals surface area contributed by atoms with Crippen LogP contribution in [0.2, 0.25) is 0 Å². The molecule has 2 N–H and O–H groups in total. The first-order chi connectivity index (χ1) is 9.90. The molecule has 0 heterocycles. The fourth-order valence-electron chi connectivity index (χ4n) is 1.80. The van der Waals surface area contributed by atoms with E-state index in [0.29, 0.717) is 6.07 Å². The second-order valence-corrected chi connectivity index (χ2v) is 4.52. The van der Waals surface area contributed by atoms with Crippen molar-refractivity contribution in [3.8, 4) is 0 Å². The van der Waals surface area contributed by atoms with Gasteiger partial charge in [0.25, 0.3) is 0 Å². The van der Waals surface area contributed by atoms with Crippen molar-refractivity contribution >= 4 is 5.69 Å². The summed E-state index contributed by atoms with van der Waals surface area (Å²) in [4.78, 5) is 0. The van der Waals surface area contributed by atoms with Crippen molar-refractivity contribution in [2.45, 2.75) is 19.3 Å². The Labute approximate surface area is 119 Å². The van der Waals surface area contributed by atoms with Gasteiger partial charge in [0, 0.05) is 6.54 Å². The van der Waals surface area contributed by atoms with Crippen LogP contribution in [0.3, 0.4) is 0 Å². The summed E-state index contributed by atoms with van der Waals surface area (Å²) >= 11 is 0. The molecular weight excluding hydrogens is 286 g/mol. The van der Waals surface area contributed by atoms with Crippen molar-refractivity contribution in [2.24, 2.45) is 0 Å². The third-order valence-corrected chi connectivity index (χ3v) is 2.98. The van der Waals surface area contributed by atoms with Gasteiger partial charge in [-0.05, 0) is 29.3 Å². The number of hydrogen-bond donors (Lipinski definition) is 2. The Kier molecular flexibility index (Phi) is 4.47. The van der Waals surface area contributed by atoms with Gasteiger partial charge in [0.2, 0.25) is 0 Å². The Morgan fingerprint density at radius 2 is 1.57 bits per heavy atom. The molecule has 0 fully saturated rings. The smallest absolute Gasteiger partial charge is 0.392 e. The van der Waals surface area contributed by atoms with Gasteiger partial charge >= 0.3 is 6.18 Å². The van der Waals surface area contributed by atoms with Gasteiger partial charge in [0.15, 0.2) is 0 Å². The zero-order valence-corrected chi connectivity index (χ0v) is 10.9. The van der Waals surface area contributed by atoms with Gasteiger partial charge in [0.05, 0.1) is 17.9 Å². The van der Waals surface area contributed by atoms with Crippen molar-refractivity contribution in [3.05, 3.63) is 65.0 Å². The fourth-order valence-corrected chi connectivity index (χ4v) is 1.80. The van der Waals surface area contributed by atoms with Crippen molar-refractivity contribution < 1.29 is 22.7 Å². The molecule has 0 radical (unpaired) electrons. The maximum Gasteiger partial charge on any atom is 0.416 e. The molecule has 2 aromatic carbocycles. The average Bonchev–Trinajstić information content (AvgIpc) is 2.45. The molecule has 0 unspecified atom stereocenters. The highest BCUT2D eigenvalue weighted by molar-refractivity contribution is 5.48. The number of rotatable bonds is 4. The molecule has 2 nitrogen and oxygen atoms in total. The van der Waals surface area contributed by atoms with Crippen LogP contribution in [0.25, 0.3) is 0 Å². The standard InChI is InChI=1S/C15H13F4NO/c16-13-6-5-12(15(17,18)19)7-14(13)20-8-10-1-3-11(9-21)4-2-10/h1-7,20-21H,8-9H2. The molecule has 2 aromatic rings. The predicted octanol–water partition coefficient (Wildman–Crippen LogP) is 3.95. The Hall–Kier alpha value is -2.08. The molecule has 112 valence electrons. The van der Waals surface area contributed by atoms with Crippen LogP contribution in [0.1, 0.15) is 16.7 Å².